The lowest BCUT2D eigenvalue weighted by Gasteiger charge is -1.93. The third kappa shape index (κ3) is 1.94. The van der Waals surface area contributed by atoms with E-state index in [-0.39, 0.29) is 1.43 Å². The molecule has 0 aliphatic rings. The largest absolute Gasteiger partial charge is 0.361 e. The summed E-state index contributed by atoms with van der Waals surface area (Å²) in [4.78, 5) is 3.16. The quantitative estimate of drug-likeness (QED) is 0.589. The Hall–Kier alpha value is -1.18. The summed E-state index contributed by atoms with van der Waals surface area (Å²) in [6.07, 6.45) is 1.99. The average Bonchev–Trinajstić information content (AvgIpc) is 2.52. The Morgan fingerprint density at radius 2 is 2.00 bits per heavy atom. The first kappa shape index (κ1) is 9.91. The minimum absolute atomic E-state index is 0. The smallest absolute Gasteiger partial charge is 0.113 e. The minimum atomic E-state index is 0. The summed E-state index contributed by atoms with van der Waals surface area (Å²) in [5.41, 5.74) is 3.21. The Kier molecular flexibility index (Phi) is 3.18. The first-order valence-electron chi connectivity index (χ1n) is 4.60. The maximum absolute atomic E-state index is 5.64. The number of aromatic nitrogens is 1. The Morgan fingerprint density at radius 1 is 1.31 bits per heavy atom. The molecule has 2 aromatic rings. The van der Waals surface area contributed by atoms with Crippen molar-refractivity contribution in [1.29, 1.82) is 0 Å². The van der Waals surface area contributed by atoms with E-state index in [1.54, 1.807) is 0 Å². The number of hydrogen-bond donors (Lipinski definition) is 1. The third-order valence-electron chi connectivity index (χ3n) is 1.91. The molecule has 2 heteroatoms. The molecular weight excluding hydrogens is 157 g/mol. The Bertz CT molecular complexity index is 395. The highest BCUT2D eigenvalue weighted by molar-refractivity contribution is 6.33. The van der Waals surface area contributed by atoms with Crippen LogP contribution in [0.2, 0.25) is 0 Å². The number of aryl methyl sites for hydroxylation is 1. The van der Waals surface area contributed by atoms with Crippen molar-refractivity contribution in [3.05, 3.63) is 30.0 Å². The van der Waals surface area contributed by atoms with Gasteiger partial charge in [-0.05, 0) is 18.6 Å². The van der Waals surface area contributed by atoms with Crippen LogP contribution in [0.1, 0.15) is 20.8 Å². The number of benzene rings is 1. The van der Waals surface area contributed by atoms with Gasteiger partial charge in [-0.2, -0.15) is 0 Å². The fourth-order valence-electron chi connectivity index (χ4n) is 1.28. The molecule has 13 heavy (non-hydrogen) atoms. The van der Waals surface area contributed by atoms with Crippen LogP contribution in [0.25, 0.3) is 10.9 Å². The molecule has 2 radical (unpaired) electrons. The summed E-state index contributed by atoms with van der Waals surface area (Å²) in [6, 6.07) is 5.89. The van der Waals surface area contributed by atoms with Crippen LogP contribution in [0.5, 0.6) is 0 Å². The van der Waals surface area contributed by atoms with Gasteiger partial charge in [0.15, 0.2) is 0 Å². The normalized spacial score (nSPS) is 9.46. The molecule has 0 saturated heterocycles. The number of rotatable bonds is 0. The summed E-state index contributed by atoms with van der Waals surface area (Å²) in [5, 5.41) is 1.21. The van der Waals surface area contributed by atoms with Crippen LogP contribution in [-0.2, 0) is 0 Å². The van der Waals surface area contributed by atoms with Gasteiger partial charge in [-0.3, -0.25) is 0 Å². The zero-order chi connectivity index (χ0) is 9.84. The second kappa shape index (κ2) is 4.17. The van der Waals surface area contributed by atoms with Gasteiger partial charge in [-0.15, -0.1) is 0 Å². The van der Waals surface area contributed by atoms with Crippen LogP contribution in [0.15, 0.2) is 24.4 Å². The van der Waals surface area contributed by atoms with Gasteiger partial charge in [0.1, 0.15) is 7.85 Å². The van der Waals surface area contributed by atoms with Gasteiger partial charge in [0, 0.05) is 18.5 Å². The van der Waals surface area contributed by atoms with Crippen molar-refractivity contribution >= 4 is 24.2 Å². The molecule has 0 bridgehead atoms. The number of H-pyrrole nitrogens is 1. The second-order valence-electron chi connectivity index (χ2n) is 2.78. The molecular formula is C11H16BN. The number of nitrogens with one attached hydrogen (secondary N) is 1. The second-order valence-corrected chi connectivity index (χ2v) is 2.78. The summed E-state index contributed by atoms with van der Waals surface area (Å²) < 4.78 is 0. The number of fused-ring (bicyclic) bond motifs is 1. The predicted molar refractivity (Wildman–Crippen MR) is 61.9 cm³/mol. The van der Waals surface area contributed by atoms with Crippen LogP contribution in [-0.4, -0.2) is 12.8 Å². The molecule has 1 N–H and O–H groups in total. The highest BCUT2D eigenvalue weighted by atomic mass is 14.7. The van der Waals surface area contributed by atoms with Crippen molar-refractivity contribution in [2.75, 3.05) is 0 Å². The van der Waals surface area contributed by atoms with E-state index in [0.717, 1.165) is 11.0 Å². The van der Waals surface area contributed by atoms with Gasteiger partial charge < -0.3 is 4.98 Å². The minimum Gasteiger partial charge on any atom is -0.361 e. The van der Waals surface area contributed by atoms with E-state index in [2.05, 4.69) is 11.9 Å². The summed E-state index contributed by atoms with van der Waals surface area (Å²) in [7, 11) is 5.64. The van der Waals surface area contributed by atoms with Gasteiger partial charge in [-0.1, -0.05) is 31.4 Å². The molecule has 1 nitrogen and oxygen atoms in total. The molecule has 0 aliphatic carbocycles. The maximum Gasteiger partial charge on any atom is 0.113 e. The molecule has 68 valence electrons. The molecule has 1 aromatic carbocycles. The molecule has 1 aromatic heterocycles. The molecule has 0 unspecified atom stereocenters. The molecule has 0 atom stereocenters. The van der Waals surface area contributed by atoms with E-state index in [4.69, 9.17) is 7.85 Å². The lowest BCUT2D eigenvalue weighted by Crippen LogP contribution is -1.99. The molecule has 0 saturated carbocycles. The van der Waals surface area contributed by atoms with Gasteiger partial charge in [0.25, 0.3) is 0 Å². The lowest BCUT2D eigenvalue weighted by molar-refractivity contribution is 1.43. The number of aromatic amines is 1. The van der Waals surface area contributed by atoms with E-state index in [1.165, 1.54) is 10.9 Å². The fourth-order valence-corrected chi connectivity index (χ4v) is 1.28. The monoisotopic (exact) mass is 173 g/mol. The summed E-state index contributed by atoms with van der Waals surface area (Å²) >= 11 is 0. The molecule has 1 heterocycles. The topological polar surface area (TPSA) is 15.8 Å². The van der Waals surface area contributed by atoms with Gasteiger partial charge in [0.2, 0.25) is 0 Å². The van der Waals surface area contributed by atoms with Crippen LogP contribution in [0, 0.1) is 6.92 Å². The van der Waals surface area contributed by atoms with Gasteiger partial charge >= 0.3 is 0 Å². The van der Waals surface area contributed by atoms with Crippen molar-refractivity contribution in [2.45, 2.75) is 20.8 Å². The van der Waals surface area contributed by atoms with Crippen molar-refractivity contribution in [1.82, 2.24) is 4.98 Å². The van der Waals surface area contributed by atoms with Crippen LogP contribution in [0.3, 0.4) is 0 Å². The van der Waals surface area contributed by atoms with Crippen LogP contribution >= 0.6 is 0 Å². The van der Waals surface area contributed by atoms with Crippen molar-refractivity contribution in [2.24, 2.45) is 0 Å². The van der Waals surface area contributed by atoms with Crippen molar-refractivity contribution in [3.63, 3.8) is 0 Å². The summed E-state index contributed by atoms with van der Waals surface area (Å²) in [6.45, 7) is 6.07. The fraction of sp³-hybridized carbons (Fsp3) is 0.273. The lowest BCUT2D eigenvalue weighted by atomic mass is 9.94. The van der Waals surface area contributed by atoms with E-state index in [9.17, 15) is 0 Å². The van der Waals surface area contributed by atoms with E-state index < -0.39 is 0 Å². The van der Waals surface area contributed by atoms with Crippen molar-refractivity contribution in [3.8, 4) is 0 Å². The highest BCUT2D eigenvalue weighted by Gasteiger charge is 1.96. The van der Waals surface area contributed by atoms with E-state index in [0.29, 0.717) is 0 Å². The zero-order valence-electron chi connectivity index (χ0n) is 8.39. The standard InChI is InChI=1S/C9H8BN.C2H6.H2/c1-6-5-11-9-3-2-7(10)4-8(6)9;1-2;/h2-5,11H,1H3;1-2H3;1H. The molecule has 0 aliphatic heterocycles. The molecule has 2 rings (SSSR count). The van der Waals surface area contributed by atoms with Crippen LogP contribution < -0.4 is 5.46 Å². The van der Waals surface area contributed by atoms with Crippen LogP contribution in [0.4, 0.5) is 0 Å². The number of hydrogen-bond acceptors (Lipinski definition) is 0. The predicted octanol–water partition coefficient (Wildman–Crippen LogP) is 2.54. The SMILES string of the molecule is CC.[B]c1ccc2[nH]cc(C)c2c1.[HH]. The third-order valence-corrected chi connectivity index (χ3v) is 1.91. The average molecular weight is 173 g/mol. The zero-order valence-corrected chi connectivity index (χ0v) is 8.39. The first-order chi connectivity index (χ1) is 6.27. The molecule has 0 fully saturated rings. The van der Waals surface area contributed by atoms with Gasteiger partial charge in [-0.25, -0.2) is 0 Å². The first-order valence-corrected chi connectivity index (χ1v) is 4.60. The van der Waals surface area contributed by atoms with E-state index in [1.807, 2.05) is 38.2 Å². The van der Waals surface area contributed by atoms with Gasteiger partial charge in [0.05, 0.1) is 0 Å². The molecule has 0 amide bonds. The van der Waals surface area contributed by atoms with Crippen molar-refractivity contribution < 1.29 is 1.43 Å². The highest BCUT2D eigenvalue weighted by Crippen LogP contribution is 2.14. The Balaban J connectivity index is 0.000000531. The van der Waals surface area contributed by atoms with E-state index >= 15 is 0 Å². The Morgan fingerprint density at radius 3 is 2.69 bits per heavy atom. The summed E-state index contributed by atoms with van der Waals surface area (Å²) in [5.74, 6) is 0. The maximum atomic E-state index is 5.64. The Labute approximate surface area is 82.1 Å². The molecule has 0 spiro atoms.